The van der Waals surface area contributed by atoms with Crippen LogP contribution in [-0.4, -0.2) is 22.5 Å². The molecule has 0 aromatic rings. The Morgan fingerprint density at radius 1 is 1.73 bits per heavy atom. The summed E-state index contributed by atoms with van der Waals surface area (Å²) in [4.78, 5) is 5.53. The summed E-state index contributed by atoms with van der Waals surface area (Å²) in [5.41, 5.74) is 0. The predicted octanol–water partition coefficient (Wildman–Crippen LogP) is -0.444. The van der Waals surface area contributed by atoms with Gasteiger partial charge >= 0.3 is 5.88 Å². The zero-order chi connectivity index (χ0) is 7.84. The van der Waals surface area contributed by atoms with Gasteiger partial charge in [0.15, 0.2) is 6.20 Å². The summed E-state index contributed by atoms with van der Waals surface area (Å²) < 4.78 is 0. The van der Waals surface area contributed by atoms with E-state index >= 15 is 0 Å². The second kappa shape index (κ2) is 2.08. The van der Waals surface area contributed by atoms with Crippen LogP contribution >= 0.6 is 0 Å². The minimum atomic E-state index is 0.143. The van der Waals surface area contributed by atoms with Gasteiger partial charge in [-0.15, -0.1) is 0 Å². The first-order valence-electron chi connectivity index (χ1n) is 3.22. The highest BCUT2D eigenvalue weighted by molar-refractivity contribution is 5.92. The van der Waals surface area contributed by atoms with E-state index in [9.17, 15) is 5.11 Å². The van der Waals surface area contributed by atoms with Gasteiger partial charge in [0.05, 0.1) is 6.20 Å². The van der Waals surface area contributed by atoms with Crippen LogP contribution in [0.15, 0.2) is 29.5 Å². The maximum atomic E-state index is 9.17. The maximum absolute atomic E-state index is 9.17. The van der Waals surface area contributed by atoms with Crippen LogP contribution in [0.1, 0.15) is 0 Å². The molecule has 2 rings (SSSR count). The smallest absolute Gasteiger partial charge is 0.369 e. The third kappa shape index (κ3) is 0.903. The summed E-state index contributed by atoms with van der Waals surface area (Å²) in [6.07, 6.45) is 4.74. The highest BCUT2D eigenvalue weighted by atomic mass is 16.3. The van der Waals surface area contributed by atoms with E-state index in [2.05, 4.69) is 4.99 Å². The number of amidine groups is 1. The van der Waals surface area contributed by atoms with Crippen molar-refractivity contribution < 1.29 is 5.11 Å². The number of nitrogens with zero attached hydrogens (tertiary/aromatic N) is 3. The van der Waals surface area contributed by atoms with E-state index in [1.54, 1.807) is 17.3 Å². The first-order chi connectivity index (χ1) is 5.27. The van der Waals surface area contributed by atoms with Gasteiger partial charge in [-0.2, -0.15) is 4.99 Å². The highest BCUT2D eigenvalue weighted by Crippen LogP contribution is 2.11. The van der Waals surface area contributed by atoms with Crippen molar-refractivity contribution in [3.8, 4) is 0 Å². The quantitative estimate of drug-likeness (QED) is 0.365. The van der Waals surface area contributed by atoms with Gasteiger partial charge in [-0.1, -0.05) is 0 Å². The SMILES string of the molecule is NN1C=C[N+]2C(O)=CN=C2C1. The molecule has 0 aliphatic carbocycles. The monoisotopic (exact) mass is 152 g/mol. The number of hydrazine groups is 1. The van der Waals surface area contributed by atoms with Gasteiger partial charge in [0, 0.05) is 0 Å². The molecule has 57 valence electrons. The lowest BCUT2D eigenvalue weighted by atomic mass is 10.4. The van der Waals surface area contributed by atoms with E-state index in [4.69, 9.17) is 5.84 Å². The van der Waals surface area contributed by atoms with Crippen LogP contribution in [0, 0.1) is 0 Å². The lowest BCUT2D eigenvalue weighted by molar-refractivity contribution is 0.343. The molecule has 0 unspecified atom stereocenters. The number of nitrogens with two attached hydrogens (primary N) is 1. The minimum absolute atomic E-state index is 0.143. The summed E-state index contributed by atoms with van der Waals surface area (Å²) in [5, 5.41) is 10.7. The molecule has 2 aliphatic rings. The molecule has 2 heterocycles. The average molecular weight is 152 g/mol. The van der Waals surface area contributed by atoms with Crippen LogP contribution in [0.2, 0.25) is 0 Å². The van der Waals surface area contributed by atoms with E-state index in [1.807, 2.05) is 0 Å². The maximum Gasteiger partial charge on any atom is 0.369 e. The molecule has 0 aromatic heterocycles. The van der Waals surface area contributed by atoms with Crippen LogP contribution in [0.25, 0.3) is 0 Å². The topological polar surface area (TPSA) is 67.8 Å². The van der Waals surface area contributed by atoms with Gasteiger partial charge in [-0.3, -0.25) is 0 Å². The molecule has 5 heteroatoms. The zero-order valence-corrected chi connectivity index (χ0v) is 5.81. The van der Waals surface area contributed by atoms with Gasteiger partial charge in [0.1, 0.15) is 12.7 Å². The van der Waals surface area contributed by atoms with Gasteiger partial charge in [0.25, 0.3) is 5.84 Å². The second-order valence-corrected chi connectivity index (χ2v) is 2.37. The lowest BCUT2D eigenvalue weighted by Crippen LogP contribution is -2.43. The summed E-state index contributed by atoms with van der Waals surface area (Å²) in [6, 6.07) is 0. The number of hydrogen-bond acceptors (Lipinski definition) is 5. The molecule has 0 amide bonds. The normalized spacial score (nSPS) is 23.2. The van der Waals surface area contributed by atoms with Gasteiger partial charge in [0.2, 0.25) is 0 Å². The Morgan fingerprint density at radius 3 is 3.36 bits per heavy atom. The van der Waals surface area contributed by atoms with Crippen molar-refractivity contribution in [2.45, 2.75) is 0 Å². The van der Waals surface area contributed by atoms with Crippen LogP contribution in [0.4, 0.5) is 0 Å². The van der Waals surface area contributed by atoms with Crippen molar-refractivity contribution in [1.82, 2.24) is 9.91 Å². The minimum Gasteiger partial charge on any atom is -0.462 e. The molecule has 2 aliphatic heterocycles. The number of aliphatic hydroxyl groups is 1. The number of aliphatic hydroxyl groups excluding tert-OH is 1. The van der Waals surface area contributed by atoms with Crippen molar-refractivity contribution in [1.29, 1.82) is 0 Å². The molecule has 0 spiro atoms. The Bertz CT molecular complexity index is 268. The van der Waals surface area contributed by atoms with Crippen molar-refractivity contribution in [3.63, 3.8) is 0 Å². The Balaban J connectivity index is 2.28. The third-order valence-electron chi connectivity index (χ3n) is 1.59. The average Bonchev–Trinajstić information content (AvgIpc) is 2.32. The zero-order valence-electron chi connectivity index (χ0n) is 5.81. The van der Waals surface area contributed by atoms with Gasteiger partial charge in [-0.25, -0.2) is 5.84 Å². The van der Waals surface area contributed by atoms with Crippen molar-refractivity contribution >= 4 is 5.84 Å². The lowest BCUT2D eigenvalue weighted by Gasteiger charge is -2.15. The molecule has 0 fully saturated rings. The second-order valence-electron chi connectivity index (χ2n) is 2.37. The summed E-state index contributed by atoms with van der Waals surface area (Å²) in [5.74, 6) is 6.36. The molecule has 3 N–H and O–H groups in total. The number of hydrogen-bond donors (Lipinski definition) is 2. The van der Waals surface area contributed by atoms with Crippen molar-refractivity contribution in [2.75, 3.05) is 6.54 Å². The largest absolute Gasteiger partial charge is 0.462 e. The van der Waals surface area contributed by atoms with Crippen molar-refractivity contribution in [2.24, 2.45) is 10.8 Å². The molecule has 0 saturated carbocycles. The fourth-order valence-corrected chi connectivity index (χ4v) is 1.04. The molecule has 11 heavy (non-hydrogen) atoms. The Hall–Kier alpha value is -1.33. The van der Waals surface area contributed by atoms with E-state index in [-0.39, 0.29) is 5.88 Å². The Labute approximate surface area is 63.7 Å². The van der Waals surface area contributed by atoms with Crippen LogP contribution in [-0.2, 0) is 0 Å². The fourth-order valence-electron chi connectivity index (χ4n) is 1.04. The molecule has 0 saturated heterocycles. The van der Waals surface area contributed by atoms with E-state index in [1.165, 1.54) is 11.2 Å². The molecule has 5 nitrogen and oxygen atoms in total. The van der Waals surface area contributed by atoms with E-state index in [0.717, 1.165) is 5.84 Å². The fraction of sp³-hybridized carbons (Fsp3) is 0.167. The first kappa shape index (κ1) is 6.38. The van der Waals surface area contributed by atoms with E-state index in [0.29, 0.717) is 6.54 Å². The molecule has 0 bridgehead atoms. The first-order valence-corrected chi connectivity index (χ1v) is 3.22. The summed E-state index contributed by atoms with van der Waals surface area (Å²) >= 11 is 0. The number of fused-ring (bicyclic) bond motifs is 1. The molecule has 0 aromatic carbocycles. The van der Waals surface area contributed by atoms with Crippen LogP contribution in [0.3, 0.4) is 0 Å². The van der Waals surface area contributed by atoms with E-state index < -0.39 is 0 Å². The number of aliphatic imine (C=N–C) groups is 1. The van der Waals surface area contributed by atoms with Crippen molar-refractivity contribution in [3.05, 3.63) is 24.5 Å². The summed E-state index contributed by atoms with van der Waals surface area (Å²) in [7, 11) is 0. The molecule has 0 atom stereocenters. The third-order valence-corrected chi connectivity index (χ3v) is 1.59. The van der Waals surface area contributed by atoms with Crippen LogP contribution < -0.4 is 10.7 Å². The Kier molecular flexibility index (Phi) is 1.21. The van der Waals surface area contributed by atoms with Crippen LogP contribution in [0.5, 0.6) is 0 Å². The summed E-state index contributed by atoms with van der Waals surface area (Å²) in [6.45, 7) is 0.525. The van der Waals surface area contributed by atoms with Gasteiger partial charge < -0.3 is 10.1 Å². The van der Waals surface area contributed by atoms with Gasteiger partial charge in [-0.05, 0) is 4.90 Å². The Morgan fingerprint density at radius 2 is 2.55 bits per heavy atom. The predicted molar refractivity (Wildman–Crippen MR) is 40.3 cm³/mol. The molecular weight excluding hydrogens is 144 g/mol. The molecular formula is C6H8N4O+. The molecule has 1 radical (unpaired) electrons. The standard InChI is InChI=1S/C6H8N4O/c7-9-1-2-10-5(4-9)8-3-6(10)11/h1-3,11H,4,7H2/q+1. The highest BCUT2D eigenvalue weighted by Gasteiger charge is 2.35. The number of rotatable bonds is 0.